The zero-order valence-electron chi connectivity index (χ0n) is 24.2. The third-order valence-electron chi connectivity index (χ3n) is 8.69. The molecule has 1 heteroatoms. The number of fused-ring (bicyclic) bond motifs is 2. The van der Waals surface area contributed by atoms with Crippen LogP contribution in [0.3, 0.4) is 0 Å². The predicted octanol–water partition coefficient (Wildman–Crippen LogP) is 10.9. The molecule has 0 spiro atoms. The van der Waals surface area contributed by atoms with E-state index in [1.54, 1.807) is 0 Å². The molecule has 1 heterocycles. The van der Waals surface area contributed by atoms with E-state index in [0.29, 0.717) is 0 Å². The van der Waals surface area contributed by atoms with Crippen LogP contribution in [-0.4, -0.2) is 8.07 Å². The van der Waals surface area contributed by atoms with Crippen molar-refractivity contribution in [2.75, 3.05) is 0 Å². The number of hydrogen-bond donors (Lipinski definition) is 0. The first-order valence-electron chi connectivity index (χ1n) is 14.5. The molecule has 6 aromatic rings. The summed E-state index contributed by atoms with van der Waals surface area (Å²) in [6.45, 7) is 9.52. The van der Waals surface area contributed by atoms with Gasteiger partial charge in [-0.1, -0.05) is 146 Å². The summed E-state index contributed by atoms with van der Waals surface area (Å²) in [6, 6.07) is 49.9. The van der Waals surface area contributed by atoms with E-state index in [0.717, 1.165) is 0 Å². The maximum absolute atomic E-state index is 2.56. The molecule has 0 amide bonds. The first kappa shape index (κ1) is 25.5. The second kappa shape index (κ2) is 9.87. The fraction of sp³-hybridized carbons (Fsp3) is 0.100. The van der Waals surface area contributed by atoms with Crippen molar-refractivity contribution in [3.05, 3.63) is 167 Å². The van der Waals surface area contributed by atoms with Crippen LogP contribution in [0.5, 0.6) is 0 Å². The van der Waals surface area contributed by atoms with Crippen LogP contribution in [0.4, 0.5) is 0 Å². The van der Waals surface area contributed by atoms with Crippen molar-refractivity contribution in [2.45, 2.75) is 26.9 Å². The molecular weight excluding hydrogens is 509 g/mol. The highest BCUT2D eigenvalue weighted by Gasteiger charge is 2.43. The Morgan fingerprint density at radius 3 is 1.20 bits per heavy atom. The Hall–Kier alpha value is -4.46. The van der Waals surface area contributed by atoms with E-state index in [9.17, 15) is 0 Å². The number of benzene rings is 6. The average Bonchev–Trinajstić information content (AvgIpc) is 3.23. The van der Waals surface area contributed by atoms with Crippen molar-refractivity contribution < 1.29 is 0 Å². The highest BCUT2D eigenvalue weighted by atomic mass is 28.3. The van der Waals surface area contributed by atoms with Gasteiger partial charge in [-0.25, -0.2) is 0 Å². The average molecular weight is 543 g/mol. The smallest absolute Gasteiger partial charge is 0.0616 e. The van der Waals surface area contributed by atoms with Gasteiger partial charge in [0, 0.05) is 0 Å². The fourth-order valence-electron chi connectivity index (χ4n) is 6.88. The quantitative estimate of drug-likeness (QED) is 0.194. The molecule has 0 aromatic heterocycles. The first-order chi connectivity index (χ1) is 19.9. The van der Waals surface area contributed by atoms with Gasteiger partial charge < -0.3 is 0 Å². The fourth-order valence-corrected chi connectivity index (χ4v) is 10.7. The normalized spacial score (nSPS) is 14.8. The second-order valence-electron chi connectivity index (χ2n) is 12.0. The summed E-state index contributed by atoms with van der Waals surface area (Å²) in [6.07, 6.45) is 0. The molecule has 0 atom stereocenters. The molecule has 0 nitrogen and oxygen atoms in total. The molecule has 0 saturated heterocycles. The first-order valence-corrected chi connectivity index (χ1v) is 17.5. The number of aryl methyl sites for hydroxylation is 2. The molecule has 1 aliphatic heterocycles. The van der Waals surface area contributed by atoms with Crippen molar-refractivity contribution in [1.29, 1.82) is 0 Å². The summed E-state index contributed by atoms with van der Waals surface area (Å²) in [5.41, 5.74) is 10.7. The topological polar surface area (TPSA) is 0 Å². The van der Waals surface area contributed by atoms with Gasteiger partial charge in [0.1, 0.15) is 8.07 Å². The molecule has 6 aromatic carbocycles. The Bertz CT molecular complexity index is 1890. The van der Waals surface area contributed by atoms with Crippen molar-refractivity contribution in [3.8, 4) is 0 Å². The van der Waals surface area contributed by atoms with Crippen LogP contribution in [0.2, 0.25) is 13.1 Å². The van der Waals surface area contributed by atoms with Crippen molar-refractivity contribution >= 4 is 51.2 Å². The number of rotatable bonds is 4. The Kier molecular flexibility index (Phi) is 6.14. The van der Waals surface area contributed by atoms with Crippen molar-refractivity contribution in [1.82, 2.24) is 0 Å². The van der Waals surface area contributed by atoms with Gasteiger partial charge >= 0.3 is 0 Å². The van der Waals surface area contributed by atoms with Crippen LogP contribution in [0, 0.1) is 13.8 Å². The second-order valence-corrected chi connectivity index (χ2v) is 16.2. The lowest BCUT2D eigenvalue weighted by atomic mass is 9.88. The minimum absolute atomic E-state index is 1.29. The van der Waals surface area contributed by atoms with Gasteiger partial charge in [-0.15, -0.1) is 0 Å². The molecule has 0 bridgehead atoms. The lowest BCUT2D eigenvalue weighted by molar-refractivity contribution is 1.44. The van der Waals surface area contributed by atoms with E-state index in [4.69, 9.17) is 0 Å². The van der Waals surface area contributed by atoms with E-state index < -0.39 is 8.07 Å². The summed E-state index contributed by atoms with van der Waals surface area (Å²) in [5, 5.41) is 8.20. The molecule has 0 saturated carbocycles. The van der Waals surface area contributed by atoms with E-state index in [1.807, 2.05) is 0 Å². The Morgan fingerprint density at radius 1 is 0.366 bits per heavy atom. The van der Waals surface area contributed by atoms with Gasteiger partial charge in [0.2, 0.25) is 0 Å². The van der Waals surface area contributed by atoms with Gasteiger partial charge in [-0.05, 0) is 91.3 Å². The van der Waals surface area contributed by atoms with Gasteiger partial charge in [0.15, 0.2) is 0 Å². The van der Waals surface area contributed by atoms with E-state index in [-0.39, 0.29) is 0 Å². The molecule has 198 valence electrons. The summed E-state index contributed by atoms with van der Waals surface area (Å²) < 4.78 is 0. The minimum Gasteiger partial charge on any atom is -0.0616 e. The standard InChI is InChI=1S/C40H34Si/c1-27-11-9-17-33(23-27)37-38(34-18-10-12-28(2)24-34)40(36-22-20-30-14-6-8-16-32(30)26-36)41(3,4)39(37)35-21-19-29-13-5-7-15-31(29)25-35/h5-26H,1-4H3. The van der Waals surface area contributed by atoms with Crippen LogP contribution in [0.15, 0.2) is 133 Å². The van der Waals surface area contributed by atoms with Gasteiger partial charge in [0.05, 0.1) is 0 Å². The molecular formula is C40H34Si. The van der Waals surface area contributed by atoms with E-state index in [1.165, 1.54) is 76.5 Å². The molecule has 41 heavy (non-hydrogen) atoms. The molecule has 0 radical (unpaired) electrons. The Labute approximate surface area is 244 Å². The summed E-state index contributed by atoms with van der Waals surface area (Å²) in [7, 11) is -2.22. The van der Waals surface area contributed by atoms with Crippen molar-refractivity contribution in [2.24, 2.45) is 0 Å². The van der Waals surface area contributed by atoms with Crippen LogP contribution in [0.25, 0.3) is 43.1 Å². The van der Waals surface area contributed by atoms with E-state index in [2.05, 4.69) is 160 Å². The predicted molar refractivity (Wildman–Crippen MR) is 181 cm³/mol. The molecule has 0 unspecified atom stereocenters. The highest BCUT2D eigenvalue weighted by Crippen LogP contribution is 2.56. The summed E-state index contributed by atoms with van der Waals surface area (Å²) in [4.78, 5) is 0. The van der Waals surface area contributed by atoms with Gasteiger partial charge in [0.25, 0.3) is 0 Å². The van der Waals surface area contributed by atoms with Gasteiger partial charge in [-0.2, -0.15) is 0 Å². The van der Waals surface area contributed by atoms with Crippen molar-refractivity contribution in [3.63, 3.8) is 0 Å². The Balaban J connectivity index is 1.61. The third kappa shape index (κ3) is 4.38. The maximum atomic E-state index is 2.56. The van der Waals surface area contributed by atoms with Gasteiger partial charge in [-0.3, -0.25) is 0 Å². The lowest BCUT2D eigenvalue weighted by Crippen LogP contribution is -2.28. The monoisotopic (exact) mass is 542 g/mol. The molecule has 1 aliphatic rings. The third-order valence-corrected chi connectivity index (χ3v) is 12.3. The summed E-state index contributed by atoms with van der Waals surface area (Å²) in [5.74, 6) is 0. The van der Waals surface area contributed by atoms with Crippen LogP contribution in [-0.2, 0) is 0 Å². The molecule has 7 rings (SSSR count). The largest absolute Gasteiger partial charge is 0.115 e. The SMILES string of the molecule is Cc1cccc(C2=C(c3ccc4ccccc4c3)[Si](C)(C)C(c3ccc4ccccc4c3)=C2c2cccc(C)c2)c1. The van der Waals surface area contributed by atoms with E-state index >= 15 is 0 Å². The van der Waals surface area contributed by atoms with Crippen LogP contribution >= 0.6 is 0 Å². The number of hydrogen-bond acceptors (Lipinski definition) is 0. The molecule has 0 fully saturated rings. The molecule has 0 aliphatic carbocycles. The summed E-state index contributed by atoms with van der Waals surface area (Å²) >= 11 is 0. The highest BCUT2D eigenvalue weighted by molar-refractivity contribution is 7.13. The van der Waals surface area contributed by atoms with Crippen LogP contribution in [0.1, 0.15) is 33.4 Å². The van der Waals surface area contributed by atoms with Crippen LogP contribution < -0.4 is 0 Å². The number of allylic oxidation sites excluding steroid dienone is 2. The zero-order chi connectivity index (χ0) is 28.1. The zero-order valence-corrected chi connectivity index (χ0v) is 25.2. The minimum atomic E-state index is -2.22. The Morgan fingerprint density at radius 2 is 0.780 bits per heavy atom. The molecule has 0 N–H and O–H groups in total. The lowest BCUT2D eigenvalue weighted by Gasteiger charge is -2.27. The maximum Gasteiger partial charge on any atom is 0.115 e.